The van der Waals surface area contributed by atoms with Crippen molar-refractivity contribution in [1.82, 2.24) is 0 Å². The minimum Gasteiger partial charge on any atom is -0.486 e. The van der Waals surface area contributed by atoms with Gasteiger partial charge in [-0.05, 0) is 182 Å². The number of hydrogen-bond donors (Lipinski definition) is 5. The van der Waals surface area contributed by atoms with Crippen LogP contribution in [-0.2, 0) is 77.0 Å². The van der Waals surface area contributed by atoms with Crippen LogP contribution in [0.4, 0.5) is 14.4 Å². The van der Waals surface area contributed by atoms with Gasteiger partial charge in [-0.15, -0.1) is 0 Å². The SMILES string of the molecule is C/C(=C\CCC1(C)Oc2c(C=O)c(C=O)cc(OC(=O)OP)c2CC1PCOOO)CC/C=C(\C)OC=O.CC(C)=CCC/C(=C/CCC1(C)Oc2c(C=O)c(C=O)cc(OC(N)=O)c2CC1N)CO.COC(=O)Oc1cc(C=O)c(C=O)c2c1CC(CCOOO)C(C)(CCCC(C)OC=O)O2.O=C=O. The van der Waals surface area contributed by atoms with Crippen molar-refractivity contribution in [3.05, 3.63) is 115 Å². The summed E-state index contributed by atoms with van der Waals surface area (Å²) < 4.78 is 53.3. The average molecular weight is 1530 g/mol. The summed E-state index contributed by atoms with van der Waals surface area (Å²) in [6, 6.07) is 3.42. The third-order valence-corrected chi connectivity index (χ3v) is 19.5. The fourth-order valence-electron chi connectivity index (χ4n) is 12.0. The number of allylic oxidation sites excluding steroid dienone is 7. The zero-order valence-electron chi connectivity index (χ0n) is 60.3. The number of methoxy groups -OCH3 is 1. The molecular formula is C72H92N2O30P2. The van der Waals surface area contributed by atoms with Gasteiger partial charge in [-0.1, -0.05) is 48.0 Å². The highest BCUT2D eigenvalue weighted by Crippen LogP contribution is 2.51. The van der Waals surface area contributed by atoms with Crippen LogP contribution in [0.3, 0.4) is 0 Å². The molecule has 9 atom stereocenters. The predicted octanol–water partition coefficient (Wildman–Crippen LogP) is 11.3. The molecule has 3 heterocycles. The van der Waals surface area contributed by atoms with Crippen molar-refractivity contribution in [1.29, 1.82) is 0 Å². The van der Waals surface area contributed by atoms with Crippen LogP contribution in [-0.4, -0.2) is 152 Å². The molecule has 3 aliphatic heterocycles. The van der Waals surface area contributed by atoms with E-state index in [2.05, 4.69) is 41.3 Å². The Morgan fingerprint density at radius 3 is 1.67 bits per heavy atom. The Bertz CT molecular complexity index is 3690. The molecule has 0 saturated carbocycles. The summed E-state index contributed by atoms with van der Waals surface area (Å²) in [4.78, 5) is 152. The van der Waals surface area contributed by atoms with E-state index in [-0.39, 0.29) is 126 Å². The summed E-state index contributed by atoms with van der Waals surface area (Å²) in [5.41, 5.74) is 13.8. The molecule has 0 aromatic heterocycles. The first-order chi connectivity index (χ1) is 50.6. The first kappa shape index (κ1) is 90.9. The number of amides is 1. The van der Waals surface area contributed by atoms with Gasteiger partial charge in [0.25, 0.3) is 12.9 Å². The molecule has 0 spiro atoms. The maximum atomic E-state index is 12.0. The number of rotatable bonds is 38. The maximum Gasteiger partial charge on any atom is 0.516 e. The number of aldehydes is 6. The molecule has 3 aliphatic rings. The molecule has 9 unspecified atom stereocenters. The van der Waals surface area contributed by atoms with E-state index < -0.39 is 41.2 Å². The third kappa shape index (κ3) is 27.2. The number of benzene rings is 3. The van der Waals surface area contributed by atoms with Gasteiger partial charge in [-0.3, -0.25) is 38.4 Å². The second-order valence-electron chi connectivity index (χ2n) is 25.2. The van der Waals surface area contributed by atoms with E-state index in [1.54, 1.807) is 23.3 Å². The molecule has 34 heteroatoms. The number of ether oxygens (including phenoxy) is 9. The van der Waals surface area contributed by atoms with E-state index in [1.807, 2.05) is 53.7 Å². The van der Waals surface area contributed by atoms with Crippen molar-refractivity contribution in [2.24, 2.45) is 17.4 Å². The molecule has 0 bridgehead atoms. The summed E-state index contributed by atoms with van der Waals surface area (Å²) in [7, 11) is 3.03. The molecule has 0 radical (unpaired) electrons. The molecule has 3 aromatic carbocycles. The Kier molecular flexibility index (Phi) is 40.0. The minimum absolute atomic E-state index is 0.00784. The van der Waals surface area contributed by atoms with Crippen molar-refractivity contribution >= 4 is 93.3 Å². The van der Waals surface area contributed by atoms with Crippen LogP contribution >= 0.6 is 18.0 Å². The summed E-state index contributed by atoms with van der Waals surface area (Å²) in [5.74, 6) is 0.989. The van der Waals surface area contributed by atoms with Gasteiger partial charge in [0.15, 0.2) is 37.7 Å². The van der Waals surface area contributed by atoms with Crippen LogP contribution in [0.2, 0.25) is 0 Å². The van der Waals surface area contributed by atoms with Crippen LogP contribution in [0.15, 0.2) is 65.0 Å². The number of nitrogens with two attached hydrogens (primary N) is 2. The molecule has 3 aromatic rings. The monoisotopic (exact) mass is 1530 g/mol. The first-order valence-corrected chi connectivity index (χ1v) is 34.8. The van der Waals surface area contributed by atoms with Crippen molar-refractivity contribution in [2.75, 3.05) is 26.7 Å². The lowest BCUT2D eigenvalue weighted by Gasteiger charge is -2.43. The van der Waals surface area contributed by atoms with Gasteiger partial charge >= 0.3 is 24.6 Å². The van der Waals surface area contributed by atoms with Gasteiger partial charge in [0.2, 0.25) is 0 Å². The highest BCUT2D eigenvalue weighted by atomic mass is 31.1. The van der Waals surface area contributed by atoms with E-state index in [1.165, 1.54) is 23.8 Å². The molecule has 0 fully saturated rings. The predicted molar refractivity (Wildman–Crippen MR) is 379 cm³/mol. The van der Waals surface area contributed by atoms with E-state index in [9.17, 15) is 57.8 Å². The molecule has 1 amide bonds. The second kappa shape index (κ2) is 46.6. The molecule has 106 heavy (non-hydrogen) atoms. The Balaban J connectivity index is 0.000000406. The number of primary amides is 1. The van der Waals surface area contributed by atoms with Crippen LogP contribution in [0.1, 0.15) is 211 Å². The Labute approximate surface area is 615 Å². The smallest absolute Gasteiger partial charge is 0.486 e. The molecular weight excluding hydrogens is 1430 g/mol. The standard InChI is InChI=1S/C25H32O11P2.C24H32N2O6.C22H28O11.CO2/c1-16(6-4-8-17(2)31-14-28)7-5-9-25(3)22(38-15-32-36-30)11-19-21(33-24(29)35-37)10-18(12-26)20(13-27)23(19)34-25;1-15(2)6-4-7-16(12-27)8-5-9-24(3)21(25)11-18-20(31-23(26)30)10-17(13-28)19(14-29)22(18)32-24;1-14(29-13-25)5-4-7-22(2)16(6-8-30-33-27)10-17-19(31-21(26)28-3)9-15(11-23)18(12-24)20(17)32-22;2-1-3/h7-8,10,12-14,22,30,38H,4-6,9,11,15,37H2,1-3H3;6,8,10,13-14,21,27H,4-5,7,9,11-12,25H2,1-3H3,(H2,26,30);9,11-14,16,27H,4-8,10H2,1-3H3;/b16-7+,17-8+;16-8-;;. The van der Waals surface area contributed by atoms with Crippen molar-refractivity contribution in [2.45, 2.75) is 186 Å². The fraction of sp³-hybridized carbons (Fsp3) is 0.472. The molecule has 32 nitrogen and oxygen atoms in total. The van der Waals surface area contributed by atoms with Gasteiger partial charge in [0.1, 0.15) is 63.4 Å². The summed E-state index contributed by atoms with van der Waals surface area (Å²) in [6.45, 7) is 16.0. The maximum absolute atomic E-state index is 12.0. The number of hydrogen-bond acceptors (Lipinski definition) is 31. The highest BCUT2D eigenvalue weighted by Gasteiger charge is 2.46. The quantitative estimate of drug-likeness (QED) is 0.00340. The number of aliphatic hydroxyl groups excluding tert-OH is 1. The highest BCUT2D eigenvalue weighted by molar-refractivity contribution is 7.38. The van der Waals surface area contributed by atoms with Gasteiger partial charge in [0.05, 0.1) is 52.6 Å². The molecule has 0 aliphatic carbocycles. The minimum atomic E-state index is -1.04. The Hall–Kier alpha value is -9.29. The van der Waals surface area contributed by atoms with E-state index in [0.29, 0.717) is 144 Å². The van der Waals surface area contributed by atoms with Gasteiger partial charge < -0.3 is 63.7 Å². The zero-order valence-corrected chi connectivity index (χ0v) is 62.4. The molecule has 6 rings (SSSR count). The first-order valence-electron chi connectivity index (χ1n) is 33.1. The number of fused-ring (bicyclic) bond motifs is 3. The lowest BCUT2D eigenvalue weighted by atomic mass is 9.75. The Morgan fingerprint density at radius 1 is 0.660 bits per heavy atom. The second-order valence-corrected chi connectivity index (χ2v) is 26.8. The third-order valence-electron chi connectivity index (χ3n) is 17.8. The van der Waals surface area contributed by atoms with Crippen molar-refractivity contribution in [3.8, 4) is 34.5 Å². The van der Waals surface area contributed by atoms with Gasteiger partial charge in [-0.25, -0.2) is 34.7 Å². The van der Waals surface area contributed by atoms with Crippen LogP contribution < -0.4 is 39.9 Å². The van der Waals surface area contributed by atoms with Crippen molar-refractivity contribution < 1.29 is 145 Å². The molecule has 580 valence electrons. The van der Waals surface area contributed by atoms with Crippen LogP contribution in [0.25, 0.3) is 0 Å². The van der Waals surface area contributed by atoms with Gasteiger partial charge in [-0.2, -0.15) is 9.59 Å². The lowest BCUT2D eigenvalue weighted by molar-refractivity contribution is -0.491. The summed E-state index contributed by atoms with van der Waals surface area (Å²) in [6.07, 6.45) is 16.6. The largest absolute Gasteiger partial charge is 0.516 e. The number of aliphatic hydroxyl groups is 1. The molecule has 0 saturated heterocycles. The van der Waals surface area contributed by atoms with E-state index in [0.717, 1.165) is 37.5 Å². The van der Waals surface area contributed by atoms with Gasteiger partial charge in [0, 0.05) is 51.0 Å². The van der Waals surface area contributed by atoms with Crippen LogP contribution in [0.5, 0.6) is 34.5 Å². The molecule has 7 N–H and O–H groups in total. The number of carbonyl (C=O) groups is 11. The summed E-state index contributed by atoms with van der Waals surface area (Å²) in [5, 5.41) is 34.2. The lowest BCUT2D eigenvalue weighted by Crippen LogP contribution is -2.54. The number of carbonyl (C=O) groups excluding carboxylic acids is 13. The topological polar surface area (TPSA) is 464 Å². The normalized spacial score (nSPS) is 19.3. The van der Waals surface area contributed by atoms with E-state index >= 15 is 0 Å². The Morgan fingerprint density at radius 2 is 1.17 bits per heavy atom. The zero-order chi connectivity index (χ0) is 79.2. The fourth-order valence-corrected chi connectivity index (χ4v) is 13.3. The average Bonchev–Trinajstić information content (AvgIpc) is 0.765. The van der Waals surface area contributed by atoms with E-state index in [4.69, 9.17) is 69.5 Å². The van der Waals surface area contributed by atoms with Crippen LogP contribution in [0, 0.1) is 5.92 Å². The summed E-state index contributed by atoms with van der Waals surface area (Å²) >= 11 is 0. The van der Waals surface area contributed by atoms with Crippen molar-refractivity contribution in [3.63, 3.8) is 0 Å².